The molecule has 0 aromatic heterocycles. The summed E-state index contributed by atoms with van der Waals surface area (Å²) < 4.78 is 16.7. The van der Waals surface area contributed by atoms with Crippen molar-refractivity contribution in [2.45, 2.75) is 232 Å². The first kappa shape index (κ1) is 52.4. The zero-order chi connectivity index (χ0) is 40.1. The third-order valence-corrected chi connectivity index (χ3v) is 9.82. The molecule has 0 radical (unpaired) electrons. The van der Waals surface area contributed by atoms with Gasteiger partial charge in [-0.3, -0.25) is 14.4 Å². The van der Waals surface area contributed by atoms with Crippen LogP contribution in [-0.2, 0) is 28.6 Å². The van der Waals surface area contributed by atoms with E-state index >= 15 is 0 Å². The lowest BCUT2D eigenvalue weighted by molar-refractivity contribution is -0.167. The number of carbonyl (C=O) groups is 3. The van der Waals surface area contributed by atoms with Crippen molar-refractivity contribution in [3.63, 3.8) is 0 Å². The van der Waals surface area contributed by atoms with Crippen LogP contribution < -0.4 is 0 Å². The van der Waals surface area contributed by atoms with E-state index in [4.69, 9.17) is 14.2 Å². The summed E-state index contributed by atoms with van der Waals surface area (Å²) in [5.41, 5.74) is 0. The molecule has 0 saturated heterocycles. The van der Waals surface area contributed by atoms with Gasteiger partial charge in [-0.15, -0.1) is 0 Å². The zero-order valence-corrected chi connectivity index (χ0v) is 36.2. The standard InChI is InChI=1S/C49H86O6/c1-4-7-10-13-16-19-21-23-24-25-26-28-30-33-36-39-42-48(51)54-45-46(44-53-47(50)41-38-35-32-29-18-15-12-9-6-3)55-49(52)43-40-37-34-31-27-22-20-17-14-11-8-5-2/h7,10,16,19,23-24,29,32,46H,4-6,8-9,11-15,17-18,20-22,25-28,30-31,33-45H2,1-3H3/b10-7-,19-16-,24-23-,32-29-. The molecule has 0 aliphatic rings. The smallest absolute Gasteiger partial charge is 0.306 e. The minimum absolute atomic E-state index is 0.0870. The van der Waals surface area contributed by atoms with Crippen LogP contribution >= 0.6 is 0 Å². The minimum Gasteiger partial charge on any atom is -0.462 e. The van der Waals surface area contributed by atoms with Crippen molar-refractivity contribution in [1.82, 2.24) is 0 Å². The van der Waals surface area contributed by atoms with E-state index in [1.54, 1.807) is 0 Å². The van der Waals surface area contributed by atoms with Gasteiger partial charge in [-0.25, -0.2) is 0 Å². The molecule has 0 aromatic rings. The van der Waals surface area contributed by atoms with Gasteiger partial charge in [0.05, 0.1) is 0 Å². The van der Waals surface area contributed by atoms with Crippen molar-refractivity contribution in [3.05, 3.63) is 48.6 Å². The van der Waals surface area contributed by atoms with E-state index in [-0.39, 0.29) is 31.1 Å². The number of ether oxygens (including phenoxy) is 3. The lowest BCUT2D eigenvalue weighted by Gasteiger charge is -2.18. The molecule has 0 aliphatic heterocycles. The molecule has 0 fully saturated rings. The fourth-order valence-corrected chi connectivity index (χ4v) is 6.34. The van der Waals surface area contributed by atoms with Crippen molar-refractivity contribution in [1.29, 1.82) is 0 Å². The third-order valence-electron chi connectivity index (χ3n) is 9.82. The molecule has 0 aromatic carbocycles. The maximum absolute atomic E-state index is 12.7. The fraction of sp³-hybridized carbons (Fsp3) is 0.776. The molecule has 0 bridgehead atoms. The number of allylic oxidation sites excluding steroid dienone is 8. The van der Waals surface area contributed by atoms with Crippen molar-refractivity contribution < 1.29 is 28.6 Å². The van der Waals surface area contributed by atoms with E-state index in [0.29, 0.717) is 19.3 Å². The van der Waals surface area contributed by atoms with Crippen LogP contribution in [0.25, 0.3) is 0 Å². The molecule has 0 rings (SSSR count). The van der Waals surface area contributed by atoms with Gasteiger partial charge in [-0.2, -0.15) is 0 Å². The molecule has 0 saturated carbocycles. The van der Waals surface area contributed by atoms with E-state index in [9.17, 15) is 14.4 Å². The number of hydrogen-bond donors (Lipinski definition) is 0. The molecule has 0 aliphatic carbocycles. The Kier molecular flexibility index (Phi) is 42.0. The number of rotatable bonds is 41. The molecule has 0 amide bonds. The SMILES string of the molecule is CC/C=C\C/C=C\C/C=C\CCCCCCCCC(=O)OCC(COC(=O)CCC/C=C\CCCCCC)OC(=O)CCCCCCCCCCCCCC. The van der Waals surface area contributed by atoms with Gasteiger partial charge < -0.3 is 14.2 Å². The zero-order valence-electron chi connectivity index (χ0n) is 36.2. The average molecular weight is 771 g/mol. The van der Waals surface area contributed by atoms with Crippen molar-refractivity contribution in [3.8, 4) is 0 Å². The number of esters is 3. The third kappa shape index (κ3) is 42.4. The molecular formula is C49H86O6. The van der Waals surface area contributed by atoms with E-state index in [0.717, 1.165) is 83.5 Å². The van der Waals surface area contributed by atoms with Crippen molar-refractivity contribution in [2.75, 3.05) is 13.2 Å². The average Bonchev–Trinajstić information content (AvgIpc) is 3.18. The highest BCUT2D eigenvalue weighted by molar-refractivity contribution is 5.71. The second-order valence-electron chi connectivity index (χ2n) is 15.3. The van der Waals surface area contributed by atoms with Crippen LogP contribution in [-0.4, -0.2) is 37.2 Å². The lowest BCUT2D eigenvalue weighted by Crippen LogP contribution is -2.30. The van der Waals surface area contributed by atoms with Crippen LogP contribution in [0.1, 0.15) is 226 Å². The van der Waals surface area contributed by atoms with Gasteiger partial charge in [0.15, 0.2) is 6.10 Å². The Morgan fingerprint density at radius 2 is 0.727 bits per heavy atom. The summed E-state index contributed by atoms with van der Waals surface area (Å²) in [5, 5.41) is 0. The summed E-state index contributed by atoms with van der Waals surface area (Å²) in [6.07, 6.45) is 51.0. The number of carbonyl (C=O) groups excluding carboxylic acids is 3. The van der Waals surface area contributed by atoms with Crippen molar-refractivity contribution >= 4 is 17.9 Å². The molecule has 0 spiro atoms. The quantitative estimate of drug-likeness (QED) is 0.0267. The summed E-state index contributed by atoms with van der Waals surface area (Å²) >= 11 is 0. The molecule has 0 heterocycles. The second kappa shape index (κ2) is 44.1. The van der Waals surface area contributed by atoms with E-state index in [1.165, 1.54) is 103 Å². The Morgan fingerprint density at radius 1 is 0.382 bits per heavy atom. The second-order valence-corrected chi connectivity index (χ2v) is 15.3. The highest BCUT2D eigenvalue weighted by Crippen LogP contribution is 2.14. The summed E-state index contributed by atoms with van der Waals surface area (Å²) in [5.74, 6) is -0.935. The van der Waals surface area contributed by atoms with E-state index in [2.05, 4.69) is 69.4 Å². The normalized spacial score (nSPS) is 12.4. The van der Waals surface area contributed by atoms with Gasteiger partial charge >= 0.3 is 17.9 Å². The van der Waals surface area contributed by atoms with Gasteiger partial charge in [0.1, 0.15) is 13.2 Å². The van der Waals surface area contributed by atoms with Crippen LogP contribution in [0.2, 0.25) is 0 Å². The van der Waals surface area contributed by atoms with Gasteiger partial charge in [0, 0.05) is 19.3 Å². The predicted molar refractivity (Wildman–Crippen MR) is 233 cm³/mol. The van der Waals surface area contributed by atoms with Crippen molar-refractivity contribution in [2.24, 2.45) is 0 Å². The van der Waals surface area contributed by atoms with E-state index in [1.807, 2.05) is 0 Å². The van der Waals surface area contributed by atoms with E-state index < -0.39 is 6.10 Å². The summed E-state index contributed by atoms with van der Waals surface area (Å²) in [4.78, 5) is 37.7. The molecule has 55 heavy (non-hydrogen) atoms. The first-order chi connectivity index (χ1) is 27.0. The van der Waals surface area contributed by atoms with Gasteiger partial charge in [-0.05, 0) is 70.6 Å². The predicted octanol–water partition coefficient (Wildman–Crippen LogP) is 14.8. The Labute approximate surface area is 339 Å². The molecule has 0 N–H and O–H groups in total. The highest BCUT2D eigenvalue weighted by Gasteiger charge is 2.19. The molecule has 1 unspecified atom stereocenters. The maximum Gasteiger partial charge on any atom is 0.306 e. The Bertz CT molecular complexity index is 980. The largest absolute Gasteiger partial charge is 0.462 e. The highest BCUT2D eigenvalue weighted by atomic mass is 16.6. The Balaban J connectivity index is 4.37. The van der Waals surface area contributed by atoms with Gasteiger partial charge in [0.2, 0.25) is 0 Å². The molecule has 318 valence electrons. The van der Waals surface area contributed by atoms with Crippen LogP contribution in [0.5, 0.6) is 0 Å². The topological polar surface area (TPSA) is 78.9 Å². The molecule has 6 heteroatoms. The maximum atomic E-state index is 12.7. The minimum atomic E-state index is -0.784. The Hall–Kier alpha value is -2.63. The molecule has 6 nitrogen and oxygen atoms in total. The van der Waals surface area contributed by atoms with Crippen LogP contribution in [0.4, 0.5) is 0 Å². The van der Waals surface area contributed by atoms with Crippen LogP contribution in [0.15, 0.2) is 48.6 Å². The van der Waals surface area contributed by atoms with Gasteiger partial charge in [-0.1, -0.05) is 185 Å². The van der Waals surface area contributed by atoms with Crippen LogP contribution in [0.3, 0.4) is 0 Å². The summed E-state index contributed by atoms with van der Waals surface area (Å²) in [6, 6.07) is 0. The fourth-order valence-electron chi connectivity index (χ4n) is 6.34. The Morgan fingerprint density at radius 3 is 1.22 bits per heavy atom. The molecular weight excluding hydrogens is 685 g/mol. The summed E-state index contributed by atoms with van der Waals surface area (Å²) in [6.45, 7) is 6.45. The first-order valence-corrected chi connectivity index (χ1v) is 23.1. The summed E-state index contributed by atoms with van der Waals surface area (Å²) in [7, 11) is 0. The van der Waals surface area contributed by atoms with Gasteiger partial charge in [0.25, 0.3) is 0 Å². The number of hydrogen-bond acceptors (Lipinski definition) is 6. The van der Waals surface area contributed by atoms with Crippen LogP contribution in [0, 0.1) is 0 Å². The lowest BCUT2D eigenvalue weighted by atomic mass is 10.0. The monoisotopic (exact) mass is 771 g/mol. The first-order valence-electron chi connectivity index (χ1n) is 23.1. The molecule has 1 atom stereocenters. The number of unbranched alkanes of at least 4 members (excludes halogenated alkanes) is 22.